The summed E-state index contributed by atoms with van der Waals surface area (Å²) in [5.74, 6) is 0.881. The highest BCUT2D eigenvalue weighted by molar-refractivity contribution is 5.40. The fraction of sp³-hybridized carbons (Fsp3) is 0.368. The quantitative estimate of drug-likeness (QED) is 0.803. The van der Waals surface area contributed by atoms with Gasteiger partial charge in [0.2, 0.25) is 0 Å². The molecule has 2 aromatic carbocycles. The molecule has 1 atom stereocenters. The molecule has 23 heavy (non-hydrogen) atoms. The maximum absolute atomic E-state index is 13.6. The first kappa shape index (κ1) is 17.3. The fourth-order valence-electron chi connectivity index (χ4n) is 2.60. The van der Waals surface area contributed by atoms with Crippen LogP contribution in [0.4, 0.5) is 4.39 Å². The smallest absolute Gasteiger partial charge is 0.165 e. The highest BCUT2D eigenvalue weighted by Gasteiger charge is 2.16. The Kier molecular flexibility index (Phi) is 6.41. The van der Waals surface area contributed by atoms with Crippen LogP contribution in [0, 0.1) is 5.82 Å². The maximum atomic E-state index is 13.6. The Labute approximate surface area is 137 Å². The second-order valence-corrected chi connectivity index (χ2v) is 5.43. The van der Waals surface area contributed by atoms with Gasteiger partial charge in [-0.2, -0.15) is 0 Å². The van der Waals surface area contributed by atoms with E-state index in [1.54, 1.807) is 25.3 Å². The molecule has 0 aliphatic heterocycles. The fourth-order valence-corrected chi connectivity index (χ4v) is 2.60. The van der Waals surface area contributed by atoms with Crippen molar-refractivity contribution in [2.24, 2.45) is 5.73 Å². The van der Waals surface area contributed by atoms with Gasteiger partial charge in [0.15, 0.2) is 11.6 Å². The van der Waals surface area contributed by atoms with E-state index in [2.05, 4.69) is 19.1 Å². The molecular formula is C19H24FNO2. The molecule has 0 spiro atoms. The third-order valence-electron chi connectivity index (χ3n) is 3.99. The van der Waals surface area contributed by atoms with Crippen molar-refractivity contribution in [2.45, 2.75) is 25.7 Å². The first-order valence-electron chi connectivity index (χ1n) is 7.93. The van der Waals surface area contributed by atoms with Crippen LogP contribution in [0.3, 0.4) is 0 Å². The molecule has 4 heteroatoms. The van der Waals surface area contributed by atoms with Crippen LogP contribution in [0.1, 0.15) is 30.4 Å². The van der Waals surface area contributed by atoms with E-state index >= 15 is 0 Å². The Hall–Kier alpha value is -2.07. The maximum Gasteiger partial charge on any atom is 0.165 e. The second kappa shape index (κ2) is 8.53. The SMILES string of the molecule is CCc1ccc(OC)c(C(CN)CCOc2ccccc2F)c1. The predicted octanol–water partition coefficient (Wildman–Crippen LogP) is 3.91. The van der Waals surface area contributed by atoms with E-state index in [-0.39, 0.29) is 17.5 Å². The van der Waals surface area contributed by atoms with Crippen LogP contribution in [-0.2, 0) is 6.42 Å². The molecule has 0 heterocycles. The topological polar surface area (TPSA) is 44.5 Å². The molecule has 0 saturated carbocycles. The Morgan fingerprint density at radius 3 is 2.57 bits per heavy atom. The van der Waals surface area contributed by atoms with Crippen LogP contribution < -0.4 is 15.2 Å². The average Bonchev–Trinajstić information content (AvgIpc) is 2.59. The third-order valence-corrected chi connectivity index (χ3v) is 3.99. The van der Waals surface area contributed by atoms with E-state index in [0.717, 1.165) is 17.7 Å². The summed E-state index contributed by atoms with van der Waals surface area (Å²) in [6.07, 6.45) is 1.66. The van der Waals surface area contributed by atoms with Crippen molar-refractivity contribution in [3.8, 4) is 11.5 Å². The lowest BCUT2D eigenvalue weighted by Gasteiger charge is -2.19. The van der Waals surface area contributed by atoms with Gasteiger partial charge in [0.25, 0.3) is 0 Å². The summed E-state index contributed by atoms with van der Waals surface area (Å²) < 4.78 is 24.6. The molecule has 1 unspecified atom stereocenters. The zero-order valence-electron chi connectivity index (χ0n) is 13.7. The zero-order chi connectivity index (χ0) is 16.7. The van der Waals surface area contributed by atoms with Crippen molar-refractivity contribution in [1.82, 2.24) is 0 Å². The molecule has 124 valence electrons. The molecule has 0 saturated heterocycles. The molecule has 0 bridgehead atoms. The lowest BCUT2D eigenvalue weighted by atomic mass is 9.93. The van der Waals surface area contributed by atoms with Gasteiger partial charge in [0, 0.05) is 5.92 Å². The minimum absolute atomic E-state index is 0.114. The summed E-state index contributed by atoms with van der Waals surface area (Å²) in [5, 5.41) is 0. The van der Waals surface area contributed by atoms with E-state index in [1.807, 2.05) is 6.07 Å². The van der Waals surface area contributed by atoms with Crippen molar-refractivity contribution in [1.29, 1.82) is 0 Å². The van der Waals surface area contributed by atoms with Crippen LogP contribution in [0.5, 0.6) is 11.5 Å². The minimum Gasteiger partial charge on any atom is -0.496 e. The van der Waals surface area contributed by atoms with Gasteiger partial charge >= 0.3 is 0 Å². The van der Waals surface area contributed by atoms with Gasteiger partial charge in [-0.15, -0.1) is 0 Å². The number of para-hydroxylation sites is 1. The Morgan fingerprint density at radius 2 is 1.91 bits per heavy atom. The van der Waals surface area contributed by atoms with Gasteiger partial charge in [-0.3, -0.25) is 0 Å². The summed E-state index contributed by atoms with van der Waals surface area (Å²) in [6.45, 7) is 3.01. The Morgan fingerprint density at radius 1 is 1.13 bits per heavy atom. The molecule has 0 aliphatic carbocycles. The van der Waals surface area contributed by atoms with Crippen molar-refractivity contribution in [3.05, 3.63) is 59.4 Å². The summed E-state index contributed by atoms with van der Waals surface area (Å²) in [4.78, 5) is 0. The minimum atomic E-state index is -0.345. The van der Waals surface area contributed by atoms with E-state index in [0.29, 0.717) is 19.6 Å². The lowest BCUT2D eigenvalue weighted by molar-refractivity contribution is 0.283. The van der Waals surface area contributed by atoms with E-state index in [4.69, 9.17) is 15.2 Å². The molecule has 0 aromatic heterocycles. The van der Waals surface area contributed by atoms with Gasteiger partial charge in [-0.05, 0) is 48.7 Å². The van der Waals surface area contributed by atoms with Crippen molar-refractivity contribution >= 4 is 0 Å². The molecule has 2 N–H and O–H groups in total. The standard InChI is InChI=1S/C19H24FNO2/c1-3-14-8-9-18(22-2)16(12-14)15(13-21)10-11-23-19-7-5-4-6-17(19)20/h4-9,12,15H,3,10-11,13,21H2,1-2H3. The van der Waals surface area contributed by atoms with Gasteiger partial charge < -0.3 is 15.2 Å². The van der Waals surface area contributed by atoms with Gasteiger partial charge in [0.05, 0.1) is 13.7 Å². The lowest BCUT2D eigenvalue weighted by Crippen LogP contribution is -2.17. The average molecular weight is 317 g/mol. The van der Waals surface area contributed by atoms with Crippen LogP contribution in [0.2, 0.25) is 0 Å². The second-order valence-electron chi connectivity index (χ2n) is 5.43. The van der Waals surface area contributed by atoms with Crippen LogP contribution >= 0.6 is 0 Å². The number of halogens is 1. The number of hydrogen-bond donors (Lipinski definition) is 1. The summed E-state index contributed by atoms with van der Waals surface area (Å²) >= 11 is 0. The normalized spacial score (nSPS) is 12.0. The van der Waals surface area contributed by atoms with Crippen LogP contribution in [0.15, 0.2) is 42.5 Å². The number of rotatable bonds is 8. The van der Waals surface area contributed by atoms with Crippen LogP contribution in [0.25, 0.3) is 0 Å². The predicted molar refractivity (Wildman–Crippen MR) is 90.7 cm³/mol. The van der Waals surface area contributed by atoms with Gasteiger partial charge in [0.1, 0.15) is 5.75 Å². The molecule has 0 aliphatic rings. The third kappa shape index (κ3) is 4.45. The molecule has 2 rings (SSSR count). The number of aryl methyl sites for hydroxylation is 1. The first-order valence-corrected chi connectivity index (χ1v) is 7.93. The number of ether oxygens (including phenoxy) is 2. The number of hydrogen-bond acceptors (Lipinski definition) is 3. The molecule has 0 radical (unpaired) electrons. The number of methoxy groups -OCH3 is 1. The Balaban J connectivity index is 2.06. The van der Waals surface area contributed by atoms with Gasteiger partial charge in [-0.25, -0.2) is 4.39 Å². The van der Waals surface area contributed by atoms with E-state index in [1.165, 1.54) is 11.6 Å². The summed E-state index contributed by atoms with van der Waals surface area (Å²) in [6, 6.07) is 12.6. The van der Waals surface area contributed by atoms with Gasteiger partial charge in [-0.1, -0.05) is 31.2 Å². The van der Waals surface area contributed by atoms with Crippen LogP contribution in [-0.4, -0.2) is 20.3 Å². The molecule has 0 amide bonds. The number of benzene rings is 2. The van der Waals surface area contributed by atoms with E-state index < -0.39 is 0 Å². The first-order chi connectivity index (χ1) is 11.2. The van der Waals surface area contributed by atoms with Crippen molar-refractivity contribution < 1.29 is 13.9 Å². The van der Waals surface area contributed by atoms with E-state index in [9.17, 15) is 4.39 Å². The summed E-state index contributed by atoms with van der Waals surface area (Å²) in [7, 11) is 1.66. The highest BCUT2D eigenvalue weighted by atomic mass is 19.1. The molecule has 0 fully saturated rings. The molecular weight excluding hydrogens is 293 g/mol. The van der Waals surface area contributed by atoms with Crippen molar-refractivity contribution in [2.75, 3.05) is 20.3 Å². The highest BCUT2D eigenvalue weighted by Crippen LogP contribution is 2.30. The largest absolute Gasteiger partial charge is 0.496 e. The number of nitrogens with two attached hydrogens (primary N) is 1. The molecule has 3 nitrogen and oxygen atoms in total. The molecule has 2 aromatic rings. The summed E-state index contributed by atoms with van der Waals surface area (Å²) in [5.41, 5.74) is 8.28. The zero-order valence-corrected chi connectivity index (χ0v) is 13.7. The Bertz CT molecular complexity index is 631. The monoisotopic (exact) mass is 317 g/mol. The van der Waals surface area contributed by atoms with Crippen molar-refractivity contribution in [3.63, 3.8) is 0 Å².